The van der Waals surface area contributed by atoms with Crippen molar-refractivity contribution in [1.82, 2.24) is 4.90 Å². The molecule has 20 heavy (non-hydrogen) atoms. The predicted molar refractivity (Wildman–Crippen MR) is 81.7 cm³/mol. The molecule has 4 heteroatoms. The van der Waals surface area contributed by atoms with Crippen molar-refractivity contribution in [3.63, 3.8) is 0 Å². The highest BCUT2D eigenvalue weighted by Gasteiger charge is 2.16. The van der Waals surface area contributed by atoms with Crippen LogP contribution in [0.4, 0.5) is 5.69 Å². The van der Waals surface area contributed by atoms with Crippen LogP contribution >= 0.6 is 0 Å². The van der Waals surface area contributed by atoms with Gasteiger partial charge in [-0.05, 0) is 37.5 Å². The molecule has 0 aromatic heterocycles. The van der Waals surface area contributed by atoms with Crippen LogP contribution in [0.3, 0.4) is 0 Å². The fourth-order valence-corrected chi connectivity index (χ4v) is 1.82. The zero-order valence-corrected chi connectivity index (χ0v) is 12.9. The maximum Gasteiger partial charge on any atom is 0.254 e. The number of hydrogen-bond acceptors (Lipinski definition) is 3. The Labute approximate surface area is 121 Å². The Hall–Kier alpha value is -2.02. The summed E-state index contributed by atoms with van der Waals surface area (Å²) in [6.45, 7) is 8.47. The van der Waals surface area contributed by atoms with Crippen LogP contribution < -0.4 is 5.32 Å². The van der Waals surface area contributed by atoms with Crippen LogP contribution in [0.15, 0.2) is 18.2 Å². The normalized spacial score (nSPS) is 11.8. The second-order valence-electron chi connectivity index (χ2n) is 5.47. The quantitative estimate of drug-likeness (QED) is 0.839. The highest BCUT2D eigenvalue weighted by atomic mass is 16.2. The number of nitriles is 1. The van der Waals surface area contributed by atoms with E-state index in [0.717, 1.165) is 11.3 Å². The summed E-state index contributed by atoms with van der Waals surface area (Å²) < 4.78 is 0. The van der Waals surface area contributed by atoms with Crippen molar-refractivity contribution in [2.45, 2.75) is 33.7 Å². The highest BCUT2D eigenvalue weighted by Crippen LogP contribution is 2.22. The van der Waals surface area contributed by atoms with E-state index in [9.17, 15) is 4.79 Å². The van der Waals surface area contributed by atoms with Crippen LogP contribution in [0.1, 0.15) is 36.7 Å². The van der Waals surface area contributed by atoms with Crippen molar-refractivity contribution >= 4 is 11.6 Å². The summed E-state index contributed by atoms with van der Waals surface area (Å²) in [6, 6.07) is 7.97. The zero-order valence-electron chi connectivity index (χ0n) is 12.9. The van der Waals surface area contributed by atoms with Crippen molar-refractivity contribution in [1.29, 1.82) is 5.26 Å². The molecule has 1 N–H and O–H groups in total. The third kappa shape index (κ3) is 3.74. The van der Waals surface area contributed by atoms with E-state index in [1.165, 1.54) is 4.90 Å². The third-order valence-electron chi connectivity index (χ3n) is 3.60. The molecular formula is C16H23N3O. The molecule has 0 radical (unpaired) electrons. The summed E-state index contributed by atoms with van der Waals surface area (Å²) in [6.07, 6.45) is 0. The van der Waals surface area contributed by atoms with Crippen molar-refractivity contribution in [2.24, 2.45) is 5.92 Å². The zero-order chi connectivity index (χ0) is 15.3. The first-order valence-corrected chi connectivity index (χ1v) is 6.87. The average molecular weight is 273 g/mol. The summed E-state index contributed by atoms with van der Waals surface area (Å²) in [5.41, 5.74) is 2.54. The molecule has 0 aliphatic rings. The molecular weight excluding hydrogens is 250 g/mol. The lowest BCUT2D eigenvalue weighted by Gasteiger charge is -2.22. The van der Waals surface area contributed by atoms with Gasteiger partial charge in [-0.1, -0.05) is 19.9 Å². The molecule has 0 spiro atoms. The first-order chi connectivity index (χ1) is 9.38. The van der Waals surface area contributed by atoms with Gasteiger partial charge in [0.25, 0.3) is 5.91 Å². The minimum Gasteiger partial charge on any atom is -0.382 e. The van der Waals surface area contributed by atoms with Gasteiger partial charge in [-0.25, -0.2) is 0 Å². The van der Waals surface area contributed by atoms with E-state index in [2.05, 4.69) is 26.1 Å². The van der Waals surface area contributed by atoms with Gasteiger partial charge in [0.05, 0.1) is 6.07 Å². The number of carbonyl (C=O) groups excluding carboxylic acids is 1. The monoisotopic (exact) mass is 273 g/mol. The van der Waals surface area contributed by atoms with Crippen molar-refractivity contribution in [2.75, 3.05) is 18.9 Å². The topological polar surface area (TPSA) is 56.1 Å². The van der Waals surface area contributed by atoms with Crippen LogP contribution in [-0.4, -0.2) is 30.4 Å². The fraction of sp³-hybridized carbons (Fsp3) is 0.500. The Morgan fingerprint density at radius 2 is 2.05 bits per heavy atom. The first kappa shape index (κ1) is 16.0. The Balaban J connectivity index is 3.01. The molecule has 0 saturated carbocycles. The number of anilines is 1. The number of benzene rings is 1. The lowest BCUT2D eigenvalue weighted by Crippen LogP contribution is -2.28. The Morgan fingerprint density at radius 3 is 2.60 bits per heavy atom. The largest absolute Gasteiger partial charge is 0.382 e. The minimum atomic E-state index is -0.120. The lowest BCUT2D eigenvalue weighted by atomic mass is 10.0. The molecule has 108 valence electrons. The van der Waals surface area contributed by atoms with E-state index in [4.69, 9.17) is 5.26 Å². The van der Waals surface area contributed by atoms with Crippen LogP contribution in [0, 0.1) is 24.2 Å². The summed E-state index contributed by atoms with van der Waals surface area (Å²) >= 11 is 0. The summed E-state index contributed by atoms with van der Waals surface area (Å²) in [7, 11) is 1.64. The van der Waals surface area contributed by atoms with Gasteiger partial charge >= 0.3 is 0 Å². The molecule has 1 aromatic carbocycles. The summed E-state index contributed by atoms with van der Waals surface area (Å²) in [4.78, 5) is 13.7. The average Bonchev–Trinajstić information content (AvgIpc) is 2.40. The first-order valence-electron chi connectivity index (χ1n) is 6.87. The van der Waals surface area contributed by atoms with Gasteiger partial charge in [0.1, 0.15) is 6.54 Å². The van der Waals surface area contributed by atoms with E-state index in [0.29, 0.717) is 17.5 Å². The van der Waals surface area contributed by atoms with Crippen LogP contribution in [0.5, 0.6) is 0 Å². The SMILES string of the molecule is Cc1c(N[C@H](C)C(C)C)cccc1C(=O)N(C)CC#N. The molecule has 0 heterocycles. The Kier molecular flexibility index (Phi) is 5.57. The van der Waals surface area contributed by atoms with Gasteiger partial charge in [-0.2, -0.15) is 5.26 Å². The smallest absolute Gasteiger partial charge is 0.254 e. The Morgan fingerprint density at radius 1 is 1.40 bits per heavy atom. The number of rotatable bonds is 5. The molecule has 0 bridgehead atoms. The molecule has 0 aliphatic carbocycles. The number of carbonyl (C=O) groups is 1. The second-order valence-corrected chi connectivity index (χ2v) is 5.47. The maximum atomic E-state index is 12.3. The standard InChI is InChI=1S/C16H23N3O/c1-11(2)13(4)18-15-8-6-7-14(12(15)3)16(20)19(5)10-9-17/h6-8,11,13,18H,10H2,1-5H3/t13-/m1/s1. The van der Waals surface area contributed by atoms with Crippen LogP contribution in [0.2, 0.25) is 0 Å². The number of hydrogen-bond donors (Lipinski definition) is 1. The minimum absolute atomic E-state index is 0.0956. The van der Waals surface area contributed by atoms with Crippen LogP contribution in [0.25, 0.3) is 0 Å². The van der Waals surface area contributed by atoms with Gasteiger partial charge in [-0.3, -0.25) is 4.79 Å². The molecule has 0 unspecified atom stereocenters. The summed E-state index contributed by atoms with van der Waals surface area (Å²) in [5.74, 6) is 0.389. The van der Waals surface area contributed by atoms with Crippen molar-refractivity contribution < 1.29 is 4.79 Å². The van der Waals surface area contributed by atoms with Gasteiger partial charge < -0.3 is 10.2 Å². The highest BCUT2D eigenvalue weighted by molar-refractivity contribution is 5.97. The van der Waals surface area contributed by atoms with Crippen molar-refractivity contribution in [3.05, 3.63) is 29.3 Å². The Bertz CT molecular complexity index is 517. The molecule has 4 nitrogen and oxygen atoms in total. The maximum absolute atomic E-state index is 12.3. The second kappa shape index (κ2) is 6.95. The van der Waals surface area contributed by atoms with Crippen LogP contribution in [-0.2, 0) is 0 Å². The molecule has 1 rings (SSSR count). The van der Waals surface area contributed by atoms with Crippen molar-refractivity contribution in [3.8, 4) is 6.07 Å². The van der Waals surface area contributed by atoms with Gasteiger partial charge in [-0.15, -0.1) is 0 Å². The predicted octanol–water partition coefficient (Wildman–Crippen LogP) is 3.05. The van der Waals surface area contributed by atoms with E-state index >= 15 is 0 Å². The lowest BCUT2D eigenvalue weighted by molar-refractivity contribution is 0.0811. The molecule has 1 atom stereocenters. The van der Waals surface area contributed by atoms with E-state index in [1.54, 1.807) is 13.1 Å². The molecule has 1 amide bonds. The van der Waals surface area contributed by atoms with Gasteiger partial charge in [0, 0.05) is 24.3 Å². The molecule has 1 aromatic rings. The number of amides is 1. The summed E-state index contributed by atoms with van der Waals surface area (Å²) in [5, 5.41) is 12.1. The van der Waals surface area contributed by atoms with E-state index < -0.39 is 0 Å². The van der Waals surface area contributed by atoms with E-state index in [1.807, 2.05) is 25.1 Å². The fourth-order valence-electron chi connectivity index (χ4n) is 1.82. The van der Waals surface area contributed by atoms with Gasteiger partial charge in [0.2, 0.25) is 0 Å². The molecule has 0 saturated heterocycles. The van der Waals surface area contributed by atoms with Gasteiger partial charge in [0.15, 0.2) is 0 Å². The number of nitrogens with one attached hydrogen (secondary N) is 1. The molecule has 0 aliphatic heterocycles. The number of nitrogens with zero attached hydrogens (tertiary/aromatic N) is 2. The molecule has 0 fully saturated rings. The van der Waals surface area contributed by atoms with E-state index in [-0.39, 0.29) is 12.5 Å². The third-order valence-corrected chi connectivity index (χ3v) is 3.60.